The summed E-state index contributed by atoms with van der Waals surface area (Å²) in [7, 11) is 0. The number of esters is 1. The molecule has 0 aromatic heterocycles. The summed E-state index contributed by atoms with van der Waals surface area (Å²) < 4.78 is 5.78. The van der Waals surface area contributed by atoms with E-state index in [1.807, 2.05) is 47.4 Å². The Hall–Kier alpha value is -2.27. The van der Waals surface area contributed by atoms with Crippen LogP contribution >= 0.6 is 11.8 Å². The molecule has 1 amide bonds. The van der Waals surface area contributed by atoms with E-state index >= 15 is 0 Å². The van der Waals surface area contributed by atoms with E-state index in [4.69, 9.17) is 4.74 Å². The van der Waals surface area contributed by atoms with Crippen LogP contribution in [-0.2, 0) is 15.1 Å². The average Bonchev–Trinajstić information content (AvgIpc) is 2.94. The Kier molecular flexibility index (Phi) is 4.72. The van der Waals surface area contributed by atoms with Gasteiger partial charge in [-0.2, -0.15) is 0 Å². The highest BCUT2D eigenvalue weighted by molar-refractivity contribution is 7.99. The van der Waals surface area contributed by atoms with Gasteiger partial charge in [-0.3, -0.25) is 4.79 Å². The van der Waals surface area contributed by atoms with Crippen molar-refractivity contribution in [2.24, 2.45) is 0 Å². The summed E-state index contributed by atoms with van der Waals surface area (Å²) >= 11 is 1.69. The highest BCUT2D eigenvalue weighted by Gasteiger charge is 2.48. The van der Waals surface area contributed by atoms with Gasteiger partial charge in [0, 0.05) is 29.2 Å². The zero-order valence-electron chi connectivity index (χ0n) is 14.5. The molecule has 26 heavy (non-hydrogen) atoms. The normalized spacial score (nSPS) is 21.5. The molecule has 0 saturated carbocycles. The second-order valence-corrected chi connectivity index (χ2v) is 7.93. The summed E-state index contributed by atoms with van der Waals surface area (Å²) in [4.78, 5) is 27.9. The second-order valence-electron chi connectivity index (χ2n) is 6.76. The summed E-state index contributed by atoms with van der Waals surface area (Å²) in [6, 6.07) is 17.7. The lowest BCUT2D eigenvalue weighted by Crippen LogP contribution is -2.48. The van der Waals surface area contributed by atoms with Gasteiger partial charge in [0.15, 0.2) is 5.60 Å². The van der Waals surface area contributed by atoms with E-state index in [-0.39, 0.29) is 11.9 Å². The number of likely N-dealkylation sites (tertiary alicyclic amines) is 1. The highest BCUT2D eigenvalue weighted by Crippen LogP contribution is 2.42. The van der Waals surface area contributed by atoms with Crippen LogP contribution in [0.2, 0.25) is 0 Å². The lowest BCUT2D eigenvalue weighted by molar-refractivity contribution is -0.138. The molecule has 1 saturated heterocycles. The molecule has 0 N–H and O–H groups in total. The van der Waals surface area contributed by atoms with Crippen LogP contribution in [0.15, 0.2) is 59.5 Å². The predicted octanol–water partition coefficient (Wildman–Crippen LogP) is 3.86. The molecule has 4 rings (SSSR count). The highest BCUT2D eigenvalue weighted by atomic mass is 32.2. The second kappa shape index (κ2) is 7.16. The Morgan fingerprint density at radius 2 is 1.88 bits per heavy atom. The van der Waals surface area contributed by atoms with Gasteiger partial charge >= 0.3 is 5.97 Å². The van der Waals surface area contributed by atoms with Gasteiger partial charge in [-0.1, -0.05) is 36.4 Å². The fourth-order valence-corrected chi connectivity index (χ4v) is 4.68. The molecule has 0 radical (unpaired) electrons. The monoisotopic (exact) mass is 367 g/mol. The van der Waals surface area contributed by atoms with Gasteiger partial charge in [0.1, 0.15) is 0 Å². The molecule has 1 atom stereocenters. The van der Waals surface area contributed by atoms with E-state index in [1.165, 1.54) is 4.90 Å². The summed E-state index contributed by atoms with van der Waals surface area (Å²) in [5.74, 6) is 0.616. The third kappa shape index (κ3) is 3.23. The van der Waals surface area contributed by atoms with Gasteiger partial charge in [0.25, 0.3) is 0 Å². The first-order valence-electron chi connectivity index (χ1n) is 8.96. The number of benzene rings is 2. The molecule has 134 valence electrons. The van der Waals surface area contributed by atoms with Gasteiger partial charge in [-0.25, -0.2) is 4.79 Å². The van der Waals surface area contributed by atoms with E-state index in [2.05, 4.69) is 12.1 Å². The van der Waals surface area contributed by atoms with Crippen molar-refractivity contribution < 1.29 is 14.3 Å². The Morgan fingerprint density at radius 1 is 1.12 bits per heavy atom. The number of rotatable bonds is 4. The first-order valence-corrected chi connectivity index (χ1v) is 9.95. The molecular formula is C21H21NO3S. The molecule has 1 fully saturated rings. The Labute approximate surface area is 157 Å². The van der Waals surface area contributed by atoms with Gasteiger partial charge < -0.3 is 9.64 Å². The van der Waals surface area contributed by atoms with Crippen LogP contribution in [0.25, 0.3) is 0 Å². The van der Waals surface area contributed by atoms with Crippen LogP contribution in [0.4, 0.5) is 0 Å². The SMILES string of the molecule is O=C1O[C@@]2(CCCN(C(=O)CCSc3ccccc3)C2)c2ccccc21. The van der Waals surface area contributed by atoms with Crippen molar-refractivity contribution >= 4 is 23.6 Å². The number of carbonyl (C=O) groups is 2. The summed E-state index contributed by atoms with van der Waals surface area (Å²) in [5.41, 5.74) is 0.913. The molecular weight excluding hydrogens is 346 g/mol. The van der Waals surface area contributed by atoms with Crippen molar-refractivity contribution in [3.63, 3.8) is 0 Å². The molecule has 5 heteroatoms. The van der Waals surface area contributed by atoms with Crippen LogP contribution in [0.1, 0.15) is 35.2 Å². The quantitative estimate of drug-likeness (QED) is 0.608. The third-order valence-corrected chi connectivity index (χ3v) is 6.08. The molecule has 2 heterocycles. The van der Waals surface area contributed by atoms with Crippen molar-refractivity contribution in [1.82, 2.24) is 4.90 Å². The number of hydrogen-bond donors (Lipinski definition) is 0. The van der Waals surface area contributed by atoms with Crippen LogP contribution in [-0.4, -0.2) is 35.6 Å². The van der Waals surface area contributed by atoms with Crippen molar-refractivity contribution in [2.45, 2.75) is 29.8 Å². The fourth-order valence-electron chi connectivity index (χ4n) is 3.81. The lowest BCUT2D eigenvalue weighted by atomic mass is 9.85. The Balaban J connectivity index is 1.41. The van der Waals surface area contributed by atoms with Crippen LogP contribution in [0.3, 0.4) is 0 Å². The average molecular weight is 367 g/mol. The number of piperidine rings is 1. The van der Waals surface area contributed by atoms with Crippen LogP contribution < -0.4 is 0 Å². The summed E-state index contributed by atoms with van der Waals surface area (Å²) in [6.07, 6.45) is 2.11. The number of fused-ring (bicyclic) bond motifs is 2. The largest absolute Gasteiger partial charge is 0.449 e. The molecule has 0 bridgehead atoms. The Bertz CT molecular complexity index is 823. The zero-order valence-corrected chi connectivity index (χ0v) is 15.3. The van der Waals surface area contributed by atoms with Crippen molar-refractivity contribution in [1.29, 1.82) is 0 Å². The van der Waals surface area contributed by atoms with Crippen LogP contribution in [0, 0.1) is 0 Å². The number of carbonyl (C=O) groups excluding carboxylic acids is 2. The van der Waals surface area contributed by atoms with Gasteiger partial charge in [-0.05, 0) is 31.0 Å². The third-order valence-electron chi connectivity index (χ3n) is 5.06. The molecule has 4 nitrogen and oxygen atoms in total. The molecule has 2 aromatic rings. The zero-order chi connectivity index (χ0) is 18.0. The molecule has 2 aromatic carbocycles. The minimum absolute atomic E-state index is 0.132. The van der Waals surface area contributed by atoms with Crippen molar-refractivity contribution in [3.05, 3.63) is 65.7 Å². The van der Waals surface area contributed by atoms with E-state index < -0.39 is 5.60 Å². The molecule has 2 aliphatic rings. The minimum atomic E-state index is -0.659. The number of ether oxygens (including phenoxy) is 1. The number of amides is 1. The first kappa shape index (κ1) is 17.2. The lowest BCUT2D eigenvalue weighted by Gasteiger charge is -2.39. The molecule has 0 unspecified atom stereocenters. The maximum absolute atomic E-state index is 12.7. The summed E-state index contributed by atoms with van der Waals surface area (Å²) in [6.45, 7) is 1.20. The molecule has 1 spiro atoms. The molecule has 2 aliphatic heterocycles. The van der Waals surface area contributed by atoms with Gasteiger partial charge in [-0.15, -0.1) is 11.8 Å². The maximum atomic E-state index is 12.7. The van der Waals surface area contributed by atoms with Crippen LogP contribution in [0.5, 0.6) is 0 Å². The standard InChI is InChI=1S/C21H21NO3S/c23-19(11-14-26-16-7-2-1-3-8-16)22-13-6-12-21(15-22)18-10-5-4-9-17(18)20(24)25-21/h1-5,7-10H,6,11-15H2/t21-/m1/s1. The number of nitrogens with zero attached hydrogens (tertiary/aromatic N) is 1. The number of thioether (sulfide) groups is 1. The van der Waals surface area contributed by atoms with Gasteiger partial charge in [0.2, 0.25) is 5.91 Å². The van der Waals surface area contributed by atoms with Crippen molar-refractivity contribution in [2.75, 3.05) is 18.8 Å². The number of hydrogen-bond acceptors (Lipinski definition) is 4. The first-order chi connectivity index (χ1) is 12.7. The Morgan fingerprint density at radius 3 is 2.73 bits per heavy atom. The smallest absolute Gasteiger partial charge is 0.339 e. The maximum Gasteiger partial charge on any atom is 0.339 e. The van der Waals surface area contributed by atoms with Crippen molar-refractivity contribution in [3.8, 4) is 0 Å². The van der Waals surface area contributed by atoms with E-state index in [0.717, 1.165) is 30.7 Å². The predicted molar refractivity (Wildman–Crippen MR) is 101 cm³/mol. The van der Waals surface area contributed by atoms with Gasteiger partial charge in [0.05, 0.1) is 12.1 Å². The minimum Gasteiger partial charge on any atom is -0.449 e. The van der Waals surface area contributed by atoms with E-state index in [1.54, 1.807) is 11.8 Å². The fraction of sp³-hybridized carbons (Fsp3) is 0.333. The van der Waals surface area contributed by atoms with E-state index in [9.17, 15) is 9.59 Å². The molecule has 0 aliphatic carbocycles. The summed E-state index contributed by atoms with van der Waals surface area (Å²) in [5, 5.41) is 0. The topological polar surface area (TPSA) is 46.6 Å². The van der Waals surface area contributed by atoms with E-state index in [0.29, 0.717) is 18.5 Å².